The molecule has 1 heterocycles. The van der Waals surface area contributed by atoms with Gasteiger partial charge in [0.05, 0.1) is 10.5 Å². The topological polar surface area (TPSA) is 38.9 Å². The average molecular weight is 297 g/mol. The summed E-state index contributed by atoms with van der Waals surface area (Å²) in [5, 5.41) is 2.24. The Balaban J connectivity index is 2.56. The van der Waals surface area contributed by atoms with E-state index in [0.29, 0.717) is 16.6 Å². The molecule has 19 heavy (non-hydrogen) atoms. The van der Waals surface area contributed by atoms with Crippen LogP contribution < -0.4 is 5.73 Å². The molecule has 4 heteroatoms. The van der Waals surface area contributed by atoms with Crippen molar-refractivity contribution < 1.29 is 0 Å². The number of hydrogen-bond acceptors (Lipinski definition) is 2. The van der Waals surface area contributed by atoms with Crippen molar-refractivity contribution in [3.05, 3.63) is 39.5 Å². The number of rotatable bonds is 3. The average Bonchev–Trinajstić information content (AvgIpc) is 2.30. The standard InChI is InChI=1S/C15H18Cl2N2/c1-9-4-11(7-15(2,3)8-18)19-14-12(9)5-10(16)6-13(14)17/h4-6H,7-8,18H2,1-3H3. The lowest BCUT2D eigenvalue weighted by atomic mass is 9.87. The van der Waals surface area contributed by atoms with E-state index in [0.717, 1.165) is 28.6 Å². The molecule has 0 saturated heterocycles. The van der Waals surface area contributed by atoms with Crippen molar-refractivity contribution in [3.8, 4) is 0 Å². The summed E-state index contributed by atoms with van der Waals surface area (Å²) < 4.78 is 0. The van der Waals surface area contributed by atoms with Gasteiger partial charge < -0.3 is 5.73 Å². The lowest BCUT2D eigenvalue weighted by molar-refractivity contribution is 0.373. The molecule has 1 aromatic carbocycles. The van der Waals surface area contributed by atoms with Crippen LogP contribution in [0.25, 0.3) is 10.9 Å². The van der Waals surface area contributed by atoms with Crippen LogP contribution in [0, 0.1) is 12.3 Å². The zero-order chi connectivity index (χ0) is 14.2. The molecule has 0 spiro atoms. The fraction of sp³-hybridized carbons (Fsp3) is 0.400. The van der Waals surface area contributed by atoms with Gasteiger partial charge in [-0.15, -0.1) is 0 Å². The first-order chi connectivity index (χ1) is 8.82. The van der Waals surface area contributed by atoms with Gasteiger partial charge in [-0.3, -0.25) is 4.98 Å². The van der Waals surface area contributed by atoms with Gasteiger partial charge in [-0.05, 0) is 49.1 Å². The zero-order valence-electron chi connectivity index (χ0n) is 11.4. The van der Waals surface area contributed by atoms with Gasteiger partial charge in [-0.1, -0.05) is 37.0 Å². The van der Waals surface area contributed by atoms with Crippen LogP contribution in [0.15, 0.2) is 18.2 Å². The number of nitrogens with two attached hydrogens (primary N) is 1. The molecule has 2 aromatic rings. The zero-order valence-corrected chi connectivity index (χ0v) is 12.9. The summed E-state index contributed by atoms with van der Waals surface area (Å²) in [4.78, 5) is 4.66. The molecule has 2 N–H and O–H groups in total. The Morgan fingerprint density at radius 1 is 1.21 bits per heavy atom. The highest BCUT2D eigenvalue weighted by molar-refractivity contribution is 6.38. The quantitative estimate of drug-likeness (QED) is 0.913. The van der Waals surface area contributed by atoms with E-state index >= 15 is 0 Å². The first-order valence-corrected chi connectivity index (χ1v) is 7.03. The minimum absolute atomic E-state index is 0.0337. The third kappa shape index (κ3) is 3.19. The number of aromatic nitrogens is 1. The summed E-state index contributed by atoms with van der Waals surface area (Å²) >= 11 is 12.3. The van der Waals surface area contributed by atoms with Gasteiger partial charge in [-0.25, -0.2) is 0 Å². The molecule has 0 atom stereocenters. The summed E-state index contributed by atoms with van der Waals surface area (Å²) in [6.45, 7) is 6.95. The lowest BCUT2D eigenvalue weighted by Gasteiger charge is -2.22. The number of pyridine rings is 1. The Labute approximate surface area is 123 Å². The first kappa shape index (κ1) is 14.6. The maximum absolute atomic E-state index is 6.24. The smallest absolute Gasteiger partial charge is 0.0895 e. The predicted molar refractivity (Wildman–Crippen MR) is 83.0 cm³/mol. The molecular formula is C15H18Cl2N2. The van der Waals surface area contributed by atoms with Crippen molar-refractivity contribution in [3.63, 3.8) is 0 Å². The second-order valence-corrected chi connectivity index (χ2v) is 6.60. The van der Waals surface area contributed by atoms with Crippen LogP contribution >= 0.6 is 23.2 Å². The maximum Gasteiger partial charge on any atom is 0.0895 e. The highest BCUT2D eigenvalue weighted by Crippen LogP contribution is 2.30. The van der Waals surface area contributed by atoms with Crippen molar-refractivity contribution in [1.29, 1.82) is 0 Å². The van der Waals surface area contributed by atoms with Crippen LogP contribution in [0.4, 0.5) is 0 Å². The minimum Gasteiger partial charge on any atom is -0.330 e. The van der Waals surface area contributed by atoms with E-state index < -0.39 is 0 Å². The second kappa shape index (κ2) is 5.28. The van der Waals surface area contributed by atoms with Crippen molar-refractivity contribution in [2.45, 2.75) is 27.2 Å². The number of nitrogens with zero attached hydrogens (tertiary/aromatic N) is 1. The van der Waals surface area contributed by atoms with E-state index in [9.17, 15) is 0 Å². The van der Waals surface area contributed by atoms with Gasteiger partial charge in [0.25, 0.3) is 0 Å². The third-order valence-corrected chi connectivity index (χ3v) is 3.81. The van der Waals surface area contributed by atoms with Gasteiger partial charge in [0.15, 0.2) is 0 Å². The van der Waals surface area contributed by atoms with E-state index in [1.54, 1.807) is 6.07 Å². The molecule has 0 unspecified atom stereocenters. The van der Waals surface area contributed by atoms with Gasteiger partial charge in [0.2, 0.25) is 0 Å². The summed E-state index contributed by atoms with van der Waals surface area (Å²) in [7, 11) is 0. The molecule has 0 aliphatic heterocycles. The number of aryl methyl sites for hydroxylation is 1. The molecule has 102 valence electrons. The molecule has 0 fully saturated rings. The number of halogens is 2. The maximum atomic E-state index is 6.24. The monoisotopic (exact) mass is 296 g/mol. The van der Waals surface area contributed by atoms with Gasteiger partial charge >= 0.3 is 0 Å². The lowest BCUT2D eigenvalue weighted by Crippen LogP contribution is -2.26. The van der Waals surface area contributed by atoms with Crippen LogP contribution in [-0.2, 0) is 6.42 Å². The van der Waals surface area contributed by atoms with Crippen LogP contribution in [0.5, 0.6) is 0 Å². The summed E-state index contributed by atoms with van der Waals surface area (Å²) in [5.41, 5.74) is 8.79. The molecule has 0 radical (unpaired) electrons. The fourth-order valence-corrected chi connectivity index (χ4v) is 2.67. The van der Waals surface area contributed by atoms with Crippen molar-refractivity contribution >= 4 is 34.1 Å². The molecule has 0 saturated carbocycles. The Hall–Kier alpha value is -0.830. The Bertz CT molecular complexity index is 621. The summed E-state index contributed by atoms with van der Waals surface area (Å²) in [6.07, 6.45) is 0.833. The number of fused-ring (bicyclic) bond motifs is 1. The summed E-state index contributed by atoms with van der Waals surface area (Å²) in [6, 6.07) is 5.73. The highest BCUT2D eigenvalue weighted by Gasteiger charge is 2.18. The Kier molecular flexibility index (Phi) is 4.05. The van der Waals surface area contributed by atoms with E-state index in [-0.39, 0.29) is 5.41 Å². The fourth-order valence-electron chi connectivity index (χ4n) is 2.14. The van der Waals surface area contributed by atoms with E-state index in [1.807, 2.05) is 6.07 Å². The number of hydrogen-bond donors (Lipinski definition) is 1. The Morgan fingerprint density at radius 2 is 1.89 bits per heavy atom. The molecule has 2 nitrogen and oxygen atoms in total. The van der Waals surface area contributed by atoms with E-state index in [1.165, 1.54) is 0 Å². The predicted octanol–water partition coefficient (Wildman–Crippen LogP) is 4.38. The first-order valence-electron chi connectivity index (χ1n) is 6.28. The normalized spacial score (nSPS) is 12.1. The van der Waals surface area contributed by atoms with Crippen LogP contribution in [0.2, 0.25) is 10.0 Å². The van der Waals surface area contributed by atoms with E-state index in [2.05, 4.69) is 31.8 Å². The van der Waals surface area contributed by atoms with Gasteiger partial charge in [0.1, 0.15) is 0 Å². The Morgan fingerprint density at radius 3 is 2.53 bits per heavy atom. The van der Waals surface area contributed by atoms with Gasteiger partial charge in [0, 0.05) is 16.1 Å². The van der Waals surface area contributed by atoms with Crippen LogP contribution in [0.3, 0.4) is 0 Å². The largest absolute Gasteiger partial charge is 0.330 e. The minimum atomic E-state index is 0.0337. The second-order valence-electron chi connectivity index (χ2n) is 5.76. The SMILES string of the molecule is Cc1cc(CC(C)(C)CN)nc2c(Cl)cc(Cl)cc12. The molecular weight excluding hydrogens is 279 g/mol. The third-order valence-electron chi connectivity index (χ3n) is 3.30. The molecule has 0 amide bonds. The van der Waals surface area contributed by atoms with Crippen LogP contribution in [0.1, 0.15) is 25.1 Å². The molecule has 1 aromatic heterocycles. The molecule has 0 aliphatic rings. The van der Waals surface area contributed by atoms with Crippen LogP contribution in [-0.4, -0.2) is 11.5 Å². The highest BCUT2D eigenvalue weighted by atomic mass is 35.5. The molecule has 2 rings (SSSR count). The van der Waals surface area contributed by atoms with Crippen molar-refractivity contribution in [2.75, 3.05) is 6.54 Å². The van der Waals surface area contributed by atoms with Crippen molar-refractivity contribution in [2.24, 2.45) is 11.1 Å². The number of benzene rings is 1. The van der Waals surface area contributed by atoms with Gasteiger partial charge in [-0.2, -0.15) is 0 Å². The molecule has 0 aliphatic carbocycles. The summed E-state index contributed by atoms with van der Waals surface area (Å²) in [5.74, 6) is 0. The van der Waals surface area contributed by atoms with Crippen molar-refractivity contribution in [1.82, 2.24) is 4.98 Å². The van der Waals surface area contributed by atoms with E-state index in [4.69, 9.17) is 28.9 Å². The molecule has 0 bridgehead atoms.